The Labute approximate surface area is 85.1 Å². The van der Waals surface area contributed by atoms with Crippen LogP contribution in [0.3, 0.4) is 0 Å². The van der Waals surface area contributed by atoms with Crippen molar-refractivity contribution in [3.63, 3.8) is 0 Å². The molecule has 1 aliphatic rings. The summed E-state index contributed by atoms with van der Waals surface area (Å²) < 4.78 is 0. The summed E-state index contributed by atoms with van der Waals surface area (Å²) in [5, 5.41) is 8.78. The number of nitrogens with zero attached hydrogens (tertiary/aromatic N) is 1. The van der Waals surface area contributed by atoms with E-state index in [2.05, 4.69) is 0 Å². The third-order valence-electron chi connectivity index (χ3n) is 2.85. The van der Waals surface area contributed by atoms with Crippen LogP contribution in [0.25, 0.3) is 0 Å². The number of carbonyl (C=O) groups is 1. The lowest BCUT2D eigenvalue weighted by Gasteiger charge is -2.32. The number of rotatable bonds is 3. The molecule has 0 aromatic rings. The predicted octanol–water partition coefficient (Wildman–Crippen LogP) is -0.0454. The first-order valence-electron chi connectivity index (χ1n) is 5.30. The molecule has 0 aliphatic carbocycles. The third-order valence-corrected chi connectivity index (χ3v) is 2.85. The maximum Gasteiger partial charge on any atom is 0.239 e. The van der Waals surface area contributed by atoms with E-state index in [9.17, 15) is 4.79 Å². The Bertz CT molecular complexity index is 187. The molecule has 1 atom stereocenters. The molecule has 1 amide bonds. The van der Waals surface area contributed by atoms with Gasteiger partial charge < -0.3 is 15.7 Å². The highest BCUT2D eigenvalue weighted by Gasteiger charge is 2.23. The highest BCUT2D eigenvalue weighted by molar-refractivity contribution is 5.81. The van der Waals surface area contributed by atoms with Crippen molar-refractivity contribution in [3.05, 3.63) is 0 Å². The van der Waals surface area contributed by atoms with Crippen molar-refractivity contribution >= 4 is 5.91 Å². The van der Waals surface area contributed by atoms with Crippen molar-refractivity contribution in [3.8, 4) is 0 Å². The zero-order valence-electron chi connectivity index (χ0n) is 8.78. The van der Waals surface area contributed by atoms with Crippen LogP contribution in [0.4, 0.5) is 0 Å². The lowest BCUT2D eigenvalue weighted by molar-refractivity contribution is -0.133. The quantitative estimate of drug-likeness (QED) is 0.671. The van der Waals surface area contributed by atoms with Gasteiger partial charge in [0.2, 0.25) is 5.91 Å². The fourth-order valence-electron chi connectivity index (χ4n) is 1.91. The summed E-state index contributed by atoms with van der Waals surface area (Å²) in [6.07, 6.45) is 2.86. The molecule has 1 saturated heterocycles. The van der Waals surface area contributed by atoms with Crippen LogP contribution >= 0.6 is 0 Å². The van der Waals surface area contributed by atoms with Gasteiger partial charge in [0, 0.05) is 19.7 Å². The molecule has 0 aromatic heterocycles. The molecule has 0 aromatic carbocycles. The molecule has 0 saturated carbocycles. The van der Waals surface area contributed by atoms with Gasteiger partial charge in [0.25, 0.3) is 0 Å². The van der Waals surface area contributed by atoms with E-state index in [-0.39, 0.29) is 18.6 Å². The van der Waals surface area contributed by atoms with Gasteiger partial charge in [-0.15, -0.1) is 0 Å². The summed E-state index contributed by atoms with van der Waals surface area (Å²) in [6, 6.07) is -0.385. The van der Waals surface area contributed by atoms with E-state index >= 15 is 0 Å². The van der Waals surface area contributed by atoms with Gasteiger partial charge in [0.15, 0.2) is 0 Å². The molecule has 0 spiro atoms. The maximum absolute atomic E-state index is 11.5. The molecule has 3 N–H and O–H groups in total. The fourth-order valence-corrected chi connectivity index (χ4v) is 1.91. The summed E-state index contributed by atoms with van der Waals surface area (Å²) in [5.41, 5.74) is 5.53. The molecular formula is C10H20N2O2. The molecule has 14 heavy (non-hydrogen) atoms. The number of carbonyl (C=O) groups excluding carboxylic acids is 1. The monoisotopic (exact) mass is 200 g/mol. The Morgan fingerprint density at radius 1 is 1.57 bits per heavy atom. The Kier molecular flexibility index (Phi) is 4.35. The Morgan fingerprint density at radius 3 is 2.57 bits per heavy atom. The van der Waals surface area contributed by atoms with E-state index in [0.717, 1.165) is 32.4 Å². The molecule has 1 heterocycles. The molecule has 1 rings (SSSR count). The second kappa shape index (κ2) is 5.32. The largest absolute Gasteiger partial charge is 0.396 e. The smallest absolute Gasteiger partial charge is 0.239 e. The Balaban J connectivity index is 2.32. The molecule has 0 radical (unpaired) electrons. The SMILES string of the molecule is C[C@H](N)C(=O)N1CCC(CCO)CC1. The summed E-state index contributed by atoms with van der Waals surface area (Å²) in [6.45, 7) is 3.57. The lowest BCUT2D eigenvalue weighted by atomic mass is 9.94. The summed E-state index contributed by atoms with van der Waals surface area (Å²) in [5.74, 6) is 0.629. The summed E-state index contributed by atoms with van der Waals surface area (Å²) >= 11 is 0. The molecule has 82 valence electrons. The number of aliphatic hydroxyl groups excluding tert-OH is 1. The molecule has 4 nitrogen and oxygen atoms in total. The maximum atomic E-state index is 11.5. The van der Waals surface area contributed by atoms with Crippen molar-refractivity contribution in [2.45, 2.75) is 32.2 Å². The van der Waals surface area contributed by atoms with Crippen LogP contribution in [0.15, 0.2) is 0 Å². The standard InChI is InChI=1S/C10H20N2O2/c1-8(11)10(14)12-5-2-9(3-6-12)4-7-13/h8-9,13H,2-7,11H2,1H3/t8-/m0/s1. The van der Waals surface area contributed by atoms with Crippen molar-refractivity contribution in [2.24, 2.45) is 11.7 Å². The minimum absolute atomic E-state index is 0.0486. The second-order valence-electron chi connectivity index (χ2n) is 4.07. The number of likely N-dealkylation sites (tertiary alicyclic amines) is 1. The summed E-state index contributed by atoms with van der Waals surface area (Å²) in [4.78, 5) is 13.3. The van der Waals surface area contributed by atoms with Gasteiger partial charge in [0.05, 0.1) is 6.04 Å². The van der Waals surface area contributed by atoms with Crippen LogP contribution in [-0.2, 0) is 4.79 Å². The van der Waals surface area contributed by atoms with Crippen molar-refractivity contribution in [2.75, 3.05) is 19.7 Å². The van der Waals surface area contributed by atoms with E-state index in [0.29, 0.717) is 5.92 Å². The van der Waals surface area contributed by atoms with E-state index in [1.807, 2.05) is 4.90 Å². The average molecular weight is 200 g/mol. The number of nitrogens with two attached hydrogens (primary N) is 1. The molecule has 1 fully saturated rings. The first kappa shape index (κ1) is 11.5. The van der Waals surface area contributed by atoms with E-state index in [1.165, 1.54) is 0 Å². The first-order chi connectivity index (χ1) is 6.65. The Hall–Kier alpha value is -0.610. The van der Waals surface area contributed by atoms with Crippen molar-refractivity contribution in [1.82, 2.24) is 4.90 Å². The van der Waals surface area contributed by atoms with Crippen LogP contribution in [0, 0.1) is 5.92 Å². The molecular weight excluding hydrogens is 180 g/mol. The fraction of sp³-hybridized carbons (Fsp3) is 0.900. The topological polar surface area (TPSA) is 66.6 Å². The van der Waals surface area contributed by atoms with Crippen molar-refractivity contribution in [1.29, 1.82) is 0 Å². The van der Waals surface area contributed by atoms with Gasteiger partial charge in [-0.25, -0.2) is 0 Å². The van der Waals surface area contributed by atoms with Gasteiger partial charge in [-0.2, -0.15) is 0 Å². The number of aliphatic hydroxyl groups is 1. The van der Waals surface area contributed by atoms with Gasteiger partial charge in [-0.05, 0) is 32.1 Å². The highest BCUT2D eigenvalue weighted by atomic mass is 16.3. The van der Waals surface area contributed by atoms with Crippen LogP contribution in [0.5, 0.6) is 0 Å². The molecule has 0 bridgehead atoms. The molecule has 4 heteroatoms. The van der Waals surface area contributed by atoms with E-state index in [1.54, 1.807) is 6.92 Å². The van der Waals surface area contributed by atoms with Gasteiger partial charge in [-0.1, -0.05) is 0 Å². The minimum atomic E-state index is -0.385. The van der Waals surface area contributed by atoms with Crippen LogP contribution in [0.2, 0.25) is 0 Å². The Morgan fingerprint density at radius 2 is 2.14 bits per heavy atom. The normalized spacial score (nSPS) is 20.9. The zero-order chi connectivity index (χ0) is 10.6. The third kappa shape index (κ3) is 2.96. The molecule has 0 unspecified atom stereocenters. The first-order valence-corrected chi connectivity index (χ1v) is 5.30. The van der Waals surface area contributed by atoms with Gasteiger partial charge >= 0.3 is 0 Å². The van der Waals surface area contributed by atoms with Crippen LogP contribution in [-0.4, -0.2) is 41.7 Å². The number of piperidine rings is 1. The van der Waals surface area contributed by atoms with Crippen LogP contribution in [0.1, 0.15) is 26.2 Å². The molecule has 1 aliphatic heterocycles. The van der Waals surface area contributed by atoms with Crippen molar-refractivity contribution < 1.29 is 9.90 Å². The van der Waals surface area contributed by atoms with E-state index in [4.69, 9.17) is 10.8 Å². The zero-order valence-corrected chi connectivity index (χ0v) is 8.78. The van der Waals surface area contributed by atoms with E-state index < -0.39 is 0 Å². The number of hydrogen-bond donors (Lipinski definition) is 2. The minimum Gasteiger partial charge on any atom is -0.396 e. The highest BCUT2D eigenvalue weighted by Crippen LogP contribution is 2.20. The lowest BCUT2D eigenvalue weighted by Crippen LogP contribution is -2.45. The number of amides is 1. The average Bonchev–Trinajstić information content (AvgIpc) is 2.18. The second-order valence-corrected chi connectivity index (χ2v) is 4.07. The predicted molar refractivity (Wildman–Crippen MR) is 54.7 cm³/mol. The van der Waals surface area contributed by atoms with Crippen LogP contribution < -0.4 is 5.73 Å². The summed E-state index contributed by atoms with van der Waals surface area (Å²) in [7, 11) is 0. The van der Waals surface area contributed by atoms with Gasteiger partial charge in [-0.3, -0.25) is 4.79 Å². The number of hydrogen-bond acceptors (Lipinski definition) is 3. The van der Waals surface area contributed by atoms with Gasteiger partial charge in [0.1, 0.15) is 0 Å².